The van der Waals surface area contributed by atoms with Crippen LogP contribution in [0.25, 0.3) is 43.7 Å². The number of fused-ring (bicyclic) bond motifs is 4. The van der Waals surface area contributed by atoms with Gasteiger partial charge in [0.15, 0.2) is 0 Å². The van der Waals surface area contributed by atoms with E-state index < -0.39 is 0 Å². The van der Waals surface area contributed by atoms with Crippen molar-refractivity contribution in [1.29, 1.82) is 0 Å². The van der Waals surface area contributed by atoms with Gasteiger partial charge in [-0.15, -0.1) is 0 Å². The van der Waals surface area contributed by atoms with E-state index >= 15 is 0 Å². The van der Waals surface area contributed by atoms with Crippen LogP contribution in [0.3, 0.4) is 0 Å². The molecule has 0 unspecified atom stereocenters. The molecule has 0 spiro atoms. The van der Waals surface area contributed by atoms with E-state index in [-0.39, 0.29) is 0 Å². The Balaban J connectivity index is 1.95. The van der Waals surface area contributed by atoms with Crippen LogP contribution in [0.1, 0.15) is 0 Å². The number of aromatic amines is 1. The van der Waals surface area contributed by atoms with Gasteiger partial charge < -0.3 is 4.98 Å². The first-order chi connectivity index (χ1) is 11.8. The first kappa shape index (κ1) is 14.1. The van der Waals surface area contributed by atoms with Crippen LogP contribution in [0.4, 0.5) is 0 Å². The largest absolute Gasteiger partial charge is 0.354 e. The fraction of sp³-hybridized carbons (Fsp3) is 0. The molecule has 0 aliphatic heterocycles. The summed E-state index contributed by atoms with van der Waals surface area (Å²) in [6.07, 6.45) is 0. The van der Waals surface area contributed by atoms with Crippen molar-refractivity contribution in [3.8, 4) is 11.1 Å². The minimum absolute atomic E-state index is 1.19. The molecule has 0 saturated heterocycles. The topological polar surface area (TPSA) is 15.8 Å². The number of para-hydroxylation sites is 1. The molecule has 0 aliphatic rings. The van der Waals surface area contributed by atoms with Gasteiger partial charge in [-0.1, -0.05) is 60.7 Å². The number of aromatic nitrogens is 1. The molecular formula is C22H14IN. The molecule has 4 aromatic carbocycles. The molecule has 0 amide bonds. The highest BCUT2D eigenvalue weighted by Crippen LogP contribution is 2.37. The zero-order chi connectivity index (χ0) is 16.1. The molecule has 0 aliphatic carbocycles. The molecule has 1 N–H and O–H groups in total. The van der Waals surface area contributed by atoms with Crippen molar-refractivity contribution >= 4 is 55.2 Å². The van der Waals surface area contributed by atoms with Gasteiger partial charge in [0.05, 0.1) is 5.52 Å². The number of rotatable bonds is 1. The molecule has 0 atom stereocenters. The third-order valence-corrected chi connectivity index (χ3v) is 5.28. The molecule has 24 heavy (non-hydrogen) atoms. The Kier molecular flexibility index (Phi) is 3.13. The quantitative estimate of drug-likeness (QED) is 0.290. The average Bonchev–Trinajstić information content (AvgIpc) is 2.99. The highest BCUT2D eigenvalue weighted by molar-refractivity contribution is 14.1. The summed E-state index contributed by atoms with van der Waals surface area (Å²) in [6, 6.07) is 28.2. The Labute approximate surface area is 153 Å². The zero-order valence-electron chi connectivity index (χ0n) is 12.9. The van der Waals surface area contributed by atoms with Gasteiger partial charge in [0.25, 0.3) is 0 Å². The first-order valence-electron chi connectivity index (χ1n) is 7.99. The van der Waals surface area contributed by atoms with Crippen molar-refractivity contribution in [1.82, 2.24) is 4.98 Å². The predicted molar refractivity (Wildman–Crippen MR) is 111 cm³/mol. The lowest BCUT2D eigenvalue weighted by Crippen LogP contribution is -1.85. The Morgan fingerprint density at radius 3 is 2.29 bits per heavy atom. The SMILES string of the molecule is Ic1cc(-c2cccc3ccccc23)c2[nH]c3ccccc3c2c1. The number of H-pyrrole nitrogens is 1. The Hall–Kier alpha value is -2.33. The minimum atomic E-state index is 1.19. The van der Waals surface area contributed by atoms with Crippen molar-refractivity contribution < 1.29 is 0 Å². The summed E-state index contributed by atoms with van der Waals surface area (Å²) >= 11 is 2.42. The monoisotopic (exact) mass is 419 g/mol. The maximum atomic E-state index is 3.63. The molecule has 114 valence electrons. The predicted octanol–water partition coefficient (Wildman–Crippen LogP) is 6.75. The second-order valence-corrected chi connectivity index (χ2v) is 7.32. The summed E-state index contributed by atoms with van der Waals surface area (Å²) in [5, 5.41) is 5.15. The third kappa shape index (κ3) is 2.06. The zero-order valence-corrected chi connectivity index (χ0v) is 15.0. The lowest BCUT2D eigenvalue weighted by Gasteiger charge is -2.09. The molecule has 0 saturated carbocycles. The standard InChI is InChI=1S/C22H14IN/c23-15-12-19(17-10-5-7-14-6-1-2-8-16(14)17)22-20(13-15)18-9-3-4-11-21(18)24-22/h1-13,24H. The smallest absolute Gasteiger partial charge is 0.0545 e. The maximum Gasteiger partial charge on any atom is 0.0545 e. The number of hydrogen-bond acceptors (Lipinski definition) is 0. The summed E-state index contributed by atoms with van der Waals surface area (Å²) in [6.45, 7) is 0. The van der Waals surface area contributed by atoms with Crippen LogP contribution in [0.5, 0.6) is 0 Å². The second-order valence-electron chi connectivity index (χ2n) is 6.07. The van der Waals surface area contributed by atoms with E-state index in [1.54, 1.807) is 0 Å². The average molecular weight is 419 g/mol. The lowest BCUT2D eigenvalue weighted by molar-refractivity contribution is 1.53. The summed E-state index contributed by atoms with van der Waals surface area (Å²) < 4.78 is 1.26. The highest BCUT2D eigenvalue weighted by atomic mass is 127. The third-order valence-electron chi connectivity index (χ3n) is 4.66. The van der Waals surface area contributed by atoms with Gasteiger partial charge in [-0.25, -0.2) is 0 Å². The van der Waals surface area contributed by atoms with E-state index in [1.165, 1.54) is 47.3 Å². The second kappa shape index (κ2) is 5.35. The molecule has 5 aromatic rings. The van der Waals surface area contributed by atoms with Crippen molar-refractivity contribution in [3.63, 3.8) is 0 Å². The molecule has 0 radical (unpaired) electrons. The van der Waals surface area contributed by atoms with Crippen molar-refractivity contribution in [2.45, 2.75) is 0 Å². The molecule has 1 heterocycles. The maximum absolute atomic E-state index is 3.63. The van der Waals surface area contributed by atoms with E-state index in [1.807, 2.05) is 0 Å². The van der Waals surface area contributed by atoms with Gasteiger partial charge in [0.1, 0.15) is 0 Å². The van der Waals surface area contributed by atoms with Crippen molar-refractivity contribution in [3.05, 3.63) is 82.4 Å². The fourth-order valence-electron chi connectivity index (χ4n) is 3.59. The summed E-state index contributed by atoms with van der Waals surface area (Å²) in [7, 11) is 0. The molecule has 1 aromatic heterocycles. The first-order valence-corrected chi connectivity index (χ1v) is 9.07. The summed E-state index contributed by atoms with van der Waals surface area (Å²) in [4.78, 5) is 3.63. The summed E-state index contributed by atoms with van der Waals surface area (Å²) in [5.41, 5.74) is 4.96. The molecule has 1 nitrogen and oxygen atoms in total. The van der Waals surface area contributed by atoms with E-state index in [0.717, 1.165) is 0 Å². The van der Waals surface area contributed by atoms with Crippen LogP contribution in [-0.4, -0.2) is 4.98 Å². The van der Waals surface area contributed by atoms with Crippen molar-refractivity contribution in [2.24, 2.45) is 0 Å². The van der Waals surface area contributed by atoms with Gasteiger partial charge in [0, 0.05) is 25.4 Å². The van der Waals surface area contributed by atoms with E-state index in [0.29, 0.717) is 0 Å². The van der Waals surface area contributed by atoms with Gasteiger partial charge in [0.2, 0.25) is 0 Å². The van der Waals surface area contributed by atoms with Crippen LogP contribution in [0.15, 0.2) is 78.9 Å². The normalized spacial score (nSPS) is 11.5. The Morgan fingerprint density at radius 2 is 1.38 bits per heavy atom. The number of benzene rings is 4. The summed E-state index contributed by atoms with van der Waals surface area (Å²) in [5.74, 6) is 0. The highest BCUT2D eigenvalue weighted by Gasteiger charge is 2.12. The van der Waals surface area contributed by atoms with Gasteiger partial charge >= 0.3 is 0 Å². The van der Waals surface area contributed by atoms with Crippen LogP contribution in [0, 0.1) is 3.57 Å². The Morgan fingerprint density at radius 1 is 0.625 bits per heavy atom. The van der Waals surface area contributed by atoms with Crippen molar-refractivity contribution in [2.75, 3.05) is 0 Å². The molecule has 0 bridgehead atoms. The number of halogens is 1. The van der Waals surface area contributed by atoms with Gasteiger partial charge in [-0.05, 0) is 57.1 Å². The Bertz CT molecular complexity index is 1210. The van der Waals surface area contributed by atoms with Crippen LogP contribution >= 0.6 is 22.6 Å². The van der Waals surface area contributed by atoms with Crippen LogP contribution in [-0.2, 0) is 0 Å². The molecule has 5 rings (SSSR count). The van der Waals surface area contributed by atoms with Gasteiger partial charge in [-0.2, -0.15) is 0 Å². The lowest BCUT2D eigenvalue weighted by atomic mass is 9.96. The van der Waals surface area contributed by atoms with Crippen LogP contribution in [0.2, 0.25) is 0 Å². The molecule has 0 fully saturated rings. The van der Waals surface area contributed by atoms with Crippen LogP contribution < -0.4 is 0 Å². The van der Waals surface area contributed by atoms with E-state index in [2.05, 4.69) is 106 Å². The minimum Gasteiger partial charge on any atom is -0.354 e. The van der Waals surface area contributed by atoms with E-state index in [4.69, 9.17) is 0 Å². The molecular weight excluding hydrogens is 405 g/mol. The number of nitrogens with one attached hydrogen (secondary N) is 1. The van der Waals surface area contributed by atoms with E-state index in [9.17, 15) is 0 Å². The molecule has 2 heteroatoms. The number of hydrogen-bond donors (Lipinski definition) is 1. The fourth-order valence-corrected chi connectivity index (χ4v) is 4.21. The van der Waals surface area contributed by atoms with Gasteiger partial charge in [-0.3, -0.25) is 0 Å².